The predicted molar refractivity (Wildman–Crippen MR) is 113 cm³/mol. The number of rotatable bonds is 7. The number of thiocarbonyl (C=S) groups is 1. The summed E-state index contributed by atoms with van der Waals surface area (Å²) in [5.74, 6) is -0.288. The third-order valence-corrected chi connectivity index (χ3v) is 4.94. The molecule has 2 aromatic rings. The van der Waals surface area contributed by atoms with Crippen LogP contribution in [0.15, 0.2) is 47.6 Å². The summed E-state index contributed by atoms with van der Waals surface area (Å²) in [5, 5.41) is 5.63. The van der Waals surface area contributed by atoms with Crippen molar-refractivity contribution in [2.45, 2.75) is 6.42 Å². The molecule has 0 spiro atoms. The fourth-order valence-electron chi connectivity index (χ4n) is 2.74. The van der Waals surface area contributed by atoms with E-state index >= 15 is 0 Å². The van der Waals surface area contributed by atoms with Crippen molar-refractivity contribution < 1.29 is 19.1 Å². The van der Waals surface area contributed by atoms with Crippen LogP contribution in [0.5, 0.6) is 11.5 Å². The Morgan fingerprint density at radius 1 is 1.03 bits per heavy atom. The molecule has 1 heterocycles. The standard InChI is InChI=1S/C20H18ClN3O4S/c1-27-16-8-5-13(11-17(16)28-2)9-10-23-18(25)19(26)24(20(23)29)22-12-14-3-6-15(21)7-4-14/h3-8,11-12H,9-10H2,1-2H3/b22-12+. The number of ether oxygens (including phenoxy) is 2. The second kappa shape index (κ2) is 9.02. The zero-order valence-electron chi connectivity index (χ0n) is 15.8. The second-order valence-corrected chi connectivity index (χ2v) is 6.89. The third-order valence-electron chi connectivity index (χ3n) is 4.30. The Labute approximate surface area is 178 Å². The Kier molecular flexibility index (Phi) is 6.46. The van der Waals surface area contributed by atoms with E-state index in [1.54, 1.807) is 44.6 Å². The van der Waals surface area contributed by atoms with Crippen LogP contribution in [-0.2, 0) is 16.0 Å². The van der Waals surface area contributed by atoms with Crippen molar-refractivity contribution >= 4 is 47.0 Å². The van der Waals surface area contributed by atoms with Gasteiger partial charge in [0.05, 0.1) is 20.4 Å². The van der Waals surface area contributed by atoms with E-state index in [0.29, 0.717) is 22.9 Å². The normalized spacial score (nSPS) is 14.2. The Morgan fingerprint density at radius 2 is 1.72 bits per heavy atom. The van der Waals surface area contributed by atoms with E-state index in [9.17, 15) is 9.59 Å². The molecule has 1 saturated heterocycles. The summed E-state index contributed by atoms with van der Waals surface area (Å²) in [6, 6.07) is 12.4. The summed E-state index contributed by atoms with van der Waals surface area (Å²) >= 11 is 11.1. The van der Waals surface area contributed by atoms with Gasteiger partial charge >= 0.3 is 11.8 Å². The minimum Gasteiger partial charge on any atom is -0.493 e. The highest BCUT2D eigenvalue weighted by Gasteiger charge is 2.41. The van der Waals surface area contributed by atoms with Gasteiger partial charge in [0.15, 0.2) is 11.5 Å². The van der Waals surface area contributed by atoms with E-state index in [0.717, 1.165) is 16.1 Å². The first-order valence-electron chi connectivity index (χ1n) is 8.65. The molecule has 0 saturated carbocycles. The smallest absolute Gasteiger partial charge is 0.339 e. The molecule has 0 N–H and O–H groups in total. The van der Waals surface area contributed by atoms with Gasteiger partial charge < -0.3 is 9.47 Å². The van der Waals surface area contributed by atoms with E-state index in [1.807, 2.05) is 12.1 Å². The van der Waals surface area contributed by atoms with Crippen LogP contribution in [0.25, 0.3) is 0 Å². The number of amides is 2. The van der Waals surface area contributed by atoms with Crippen LogP contribution < -0.4 is 9.47 Å². The number of nitrogens with zero attached hydrogens (tertiary/aromatic N) is 3. The molecule has 2 aromatic carbocycles. The molecule has 29 heavy (non-hydrogen) atoms. The van der Waals surface area contributed by atoms with Gasteiger partial charge in [-0.05, 0) is 54.0 Å². The average Bonchev–Trinajstić information content (AvgIpc) is 2.94. The zero-order valence-corrected chi connectivity index (χ0v) is 17.4. The molecule has 0 bridgehead atoms. The van der Waals surface area contributed by atoms with Gasteiger partial charge in [0.25, 0.3) is 0 Å². The molecule has 1 fully saturated rings. The van der Waals surface area contributed by atoms with Gasteiger partial charge in [-0.2, -0.15) is 10.1 Å². The number of halogens is 1. The predicted octanol–water partition coefficient (Wildman–Crippen LogP) is 2.89. The largest absolute Gasteiger partial charge is 0.493 e. The van der Waals surface area contributed by atoms with Crippen molar-refractivity contribution in [1.29, 1.82) is 0 Å². The number of hydrogen-bond donors (Lipinski definition) is 0. The van der Waals surface area contributed by atoms with Gasteiger partial charge in [0, 0.05) is 11.6 Å². The van der Waals surface area contributed by atoms with Gasteiger partial charge in [0.2, 0.25) is 5.11 Å². The first kappa shape index (κ1) is 20.8. The van der Waals surface area contributed by atoms with E-state index in [-0.39, 0.29) is 11.7 Å². The lowest BCUT2D eigenvalue weighted by atomic mass is 10.1. The Balaban J connectivity index is 1.69. The van der Waals surface area contributed by atoms with E-state index < -0.39 is 11.8 Å². The molecule has 0 unspecified atom stereocenters. The van der Waals surface area contributed by atoms with Crippen molar-refractivity contribution in [3.8, 4) is 11.5 Å². The Bertz CT molecular complexity index is 978. The quantitative estimate of drug-likeness (QED) is 0.383. The van der Waals surface area contributed by atoms with Crippen molar-refractivity contribution in [3.63, 3.8) is 0 Å². The number of hydrogen-bond acceptors (Lipinski definition) is 6. The maximum atomic E-state index is 12.3. The number of carbonyl (C=O) groups excluding carboxylic acids is 2. The summed E-state index contributed by atoms with van der Waals surface area (Å²) in [5.41, 5.74) is 1.63. The van der Waals surface area contributed by atoms with E-state index in [1.165, 1.54) is 11.1 Å². The van der Waals surface area contributed by atoms with Crippen LogP contribution in [-0.4, -0.2) is 53.8 Å². The van der Waals surface area contributed by atoms with E-state index in [2.05, 4.69) is 5.10 Å². The molecule has 9 heteroatoms. The maximum Gasteiger partial charge on any atom is 0.339 e. The first-order chi connectivity index (χ1) is 13.9. The summed E-state index contributed by atoms with van der Waals surface area (Å²) in [7, 11) is 3.11. The van der Waals surface area contributed by atoms with Crippen molar-refractivity contribution in [1.82, 2.24) is 9.91 Å². The van der Waals surface area contributed by atoms with Crippen LogP contribution in [0.1, 0.15) is 11.1 Å². The summed E-state index contributed by atoms with van der Waals surface area (Å²) in [4.78, 5) is 25.9. The summed E-state index contributed by atoms with van der Waals surface area (Å²) in [6.45, 7) is 0.242. The van der Waals surface area contributed by atoms with Crippen molar-refractivity contribution in [2.24, 2.45) is 5.10 Å². The average molecular weight is 432 g/mol. The van der Waals surface area contributed by atoms with Crippen molar-refractivity contribution in [2.75, 3.05) is 20.8 Å². The first-order valence-corrected chi connectivity index (χ1v) is 9.43. The molecule has 0 aliphatic carbocycles. The summed E-state index contributed by atoms with van der Waals surface area (Å²) < 4.78 is 10.5. The third kappa shape index (κ3) is 4.55. The molecule has 3 rings (SSSR count). The Hall–Kier alpha value is -2.97. The topological polar surface area (TPSA) is 71.4 Å². The van der Waals surface area contributed by atoms with E-state index in [4.69, 9.17) is 33.3 Å². The molecular formula is C20H18ClN3O4S. The van der Waals surface area contributed by atoms with Gasteiger partial charge in [0.1, 0.15) is 0 Å². The molecule has 1 aliphatic heterocycles. The van der Waals surface area contributed by atoms with Gasteiger partial charge in [-0.3, -0.25) is 14.5 Å². The lowest BCUT2D eigenvalue weighted by Crippen LogP contribution is -2.33. The molecule has 7 nitrogen and oxygen atoms in total. The monoisotopic (exact) mass is 431 g/mol. The van der Waals surface area contributed by atoms with Crippen molar-refractivity contribution in [3.05, 3.63) is 58.6 Å². The van der Waals surface area contributed by atoms with Gasteiger partial charge in [-0.25, -0.2) is 0 Å². The molecule has 0 atom stereocenters. The second-order valence-electron chi connectivity index (χ2n) is 6.09. The lowest BCUT2D eigenvalue weighted by Gasteiger charge is -2.16. The number of hydrazone groups is 1. The minimum atomic E-state index is -0.785. The zero-order chi connectivity index (χ0) is 21.0. The Morgan fingerprint density at radius 3 is 2.38 bits per heavy atom. The van der Waals surface area contributed by atoms with Gasteiger partial charge in [-0.1, -0.05) is 29.8 Å². The van der Waals surface area contributed by atoms with Crippen LogP contribution in [0.3, 0.4) is 0 Å². The summed E-state index contributed by atoms with van der Waals surface area (Å²) in [6.07, 6.45) is 1.93. The van der Waals surface area contributed by atoms with Crippen LogP contribution in [0.4, 0.5) is 0 Å². The number of carbonyl (C=O) groups is 2. The van der Waals surface area contributed by atoms with Crippen LogP contribution >= 0.6 is 23.8 Å². The van der Waals surface area contributed by atoms with Crippen LogP contribution in [0, 0.1) is 0 Å². The minimum absolute atomic E-state index is 0.0469. The SMILES string of the molecule is COc1ccc(CCN2C(=O)C(=O)N(/N=C/c3ccc(Cl)cc3)C2=S)cc1OC. The molecule has 0 radical (unpaired) electrons. The number of benzene rings is 2. The fourth-order valence-corrected chi connectivity index (χ4v) is 3.17. The molecule has 0 aromatic heterocycles. The maximum absolute atomic E-state index is 12.3. The molecule has 2 amide bonds. The van der Waals surface area contributed by atoms with Crippen LogP contribution in [0.2, 0.25) is 5.02 Å². The van der Waals surface area contributed by atoms with Gasteiger partial charge in [-0.15, -0.1) is 0 Å². The molecule has 150 valence electrons. The highest BCUT2D eigenvalue weighted by Crippen LogP contribution is 2.28. The lowest BCUT2D eigenvalue weighted by molar-refractivity contribution is -0.143. The fraction of sp³-hybridized carbons (Fsp3) is 0.200. The number of methoxy groups -OCH3 is 2. The highest BCUT2D eigenvalue weighted by molar-refractivity contribution is 7.80. The highest BCUT2D eigenvalue weighted by atomic mass is 35.5. The molecular weight excluding hydrogens is 414 g/mol. The molecule has 1 aliphatic rings.